The van der Waals surface area contributed by atoms with E-state index in [2.05, 4.69) is 82.4 Å². The average Bonchev–Trinajstić information content (AvgIpc) is 1.53. The average molecular weight is 1800 g/mol. The number of aryl methyl sites for hydroxylation is 6. The summed E-state index contributed by atoms with van der Waals surface area (Å²) >= 11 is 0. The zero-order chi connectivity index (χ0) is 90.9. The topological polar surface area (TPSA) is 318 Å². The Balaban J connectivity index is 0.000000162. The molecule has 6 aromatic carbocycles. The zero-order valence-electron chi connectivity index (χ0n) is 74.9. The van der Waals surface area contributed by atoms with Crippen LogP contribution in [0.5, 0.6) is 12.2 Å². The Kier molecular flexibility index (Phi) is 20.7. The van der Waals surface area contributed by atoms with Gasteiger partial charge in [0.2, 0.25) is 0 Å². The van der Waals surface area contributed by atoms with Gasteiger partial charge in [-0.2, -0.15) is 30.7 Å². The Bertz CT molecular complexity index is 7070. The second-order valence-corrected chi connectivity index (χ2v) is 37.5. The molecule has 4 aliphatic heterocycles. The van der Waals surface area contributed by atoms with Crippen LogP contribution in [-0.2, 0) is 47.5 Å². The van der Waals surface area contributed by atoms with Crippen molar-refractivity contribution < 1.29 is 55.9 Å². The number of benzene rings is 6. The van der Waals surface area contributed by atoms with E-state index in [-0.39, 0.29) is 143 Å². The van der Waals surface area contributed by atoms with Crippen molar-refractivity contribution in [1.82, 2.24) is 96.6 Å². The molecule has 2 saturated carbocycles. The van der Waals surface area contributed by atoms with Crippen LogP contribution < -0.4 is 21.6 Å². The van der Waals surface area contributed by atoms with Crippen molar-refractivity contribution in [2.45, 2.75) is 181 Å². The van der Waals surface area contributed by atoms with Gasteiger partial charge in [-0.05, 0) is 250 Å². The van der Waals surface area contributed by atoms with Gasteiger partial charge in [0.25, 0.3) is 11.8 Å². The molecule has 16 aromatic rings. The second-order valence-electron chi connectivity index (χ2n) is 37.5. The number of halogens is 4. The van der Waals surface area contributed by atoms with E-state index in [0.29, 0.717) is 129 Å². The van der Waals surface area contributed by atoms with Crippen LogP contribution in [0.15, 0.2) is 153 Å². The molecule has 0 spiro atoms. The number of ether oxygens (including phenoxy) is 2. The van der Waals surface area contributed by atoms with Crippen molar-refractivity contribution in [2.24, 2.45) is 25.9 Å². The van der Waals surface area contributed by atoms with Crippen molar-refractivity contribution in [2.75, 3.05) is 26.3 Å². The monoisotopic (exact) mass is 1800 g/mol. The first-order valence-corrected chi connectivity index (χ1v) is 44.0. The second kappa shape index (κ2) is 31.4. The third-order valence-corrected chi connectivity index (χ3v) is 28.3. The van der Waals surface area contributed by atoms with Gasteiger partial charge in [-0.15, -0.1) is 0 Å². The maximum atomic E-state index is 16.1. The summed E-state index contributed by atoms with van der Waals surface area (Å²) in [6, 6.07) is 28.4. The number of hydrogen-bond donors (Lipinski definition) is 0. The van der Waals surface area contributed by atoms with E-state index in [9.17, 15) is 19.8 Å². The number of carbonyl (C=O) groups excluding carboxylic acids is 2. The molecule has 2 aliphatic carbocycles. The van der Waals surface area contributed by atoms with E-state index in [0.717, 1.165) is 58.6 Å². The molecule has 131 heavy (non-hydrogen) atoms. The van der Waals surface area contributed by atoms with Crippen LogP contribution in [0.2, 0.25) is 0 Å². The Morgan fingerprint density at radius 1 is 0.481 bits per heavy atom. The van der Waals surface area contributed by atoms with Crippen LogP contribution in [-0.4, -0.2) is 184 Å². The van der Waals surface area contributed by atoms with Gasteiger partial charge >= 0.3 is 49.1 Å². The summed E-state index contributed by atoms with van der Waals surface area (Å²) in [5, 5.41) is 53.8. The number of aromatic nitrogens is 18. The molecule has 35 heteroatoms. The van der Waals surface area contributed by atoms with Crippen molar-refractivity contribution in [1.29, 1.82) is 0 Å². The molecule has 6 aliphatic rings. The number of rotatable bonds is 14. The molecule has 0 N–H and O–H groups in total. The van der Waals surface area contributed by atoms with E-state index >= 15 is 27.2 Å². The first-order valence-electron chi connectivity index (χ1n) is 44.0. The van der Waals surface area contributed by atoms with E-state index in [1.165, 1.54) is 43.1 Å². The van der Waals surface area contributed by atoms with Gasteiger partial charge in [-0.3, -0.25) is 37.2 Å². The first-order chi connectivity index (χ1) is 62.1. The molecule has 0 unspecified atom stereocenters. The SMILES string of the molecule is Cc1cc(-n2nc3c(c2-n2ccn(-c4ccc5c(cnn5C)c4F)c2=O)[C@H](C)N(C(=O)c2cc4cc([C@H]5CCOC(C)(C)C5)ccc4n2[C@@]2(c4noc([O-])n4)C[C@@H]2C)CC3)cc(C)c1F.Cc1cc(-n2nc3c(c2-n2ccn(-c4ccc5c(cnn5C)c4F)c2=O)[C@H](C)N(C(=O)c2cc4cc([C@H]5CCOC(C)(C)C5)ccc4n2[C@@]2(c4noc([O-])n4)C[C@@H]2C)CC3)cc(C)c1F.[Ca+2]. The van der Waals surface area contributed by atoms with E-state index in [1.807, 2.05) is 61.1 Å². The van der Waals surface area contributed by atoms with Gasteiger partial charge in [-0.1, -0.05) is 26.0 Å². The zero-order valence-corrected chi connectivity index (χ0v) is 77.1. The summed E-state index contributed by atoms with van der Waals surface area (Å²) in [4.78, 5) is 72.3. The standard InChI is InChI=1S/2C48H48F2N10O5.Ca/c2*1-25-18-32(19-26(2)40(25)49)60-42(58-16-15-57(46(58)63)37-11-10-36-33(41(37)50)24-51-55(36)7)39-28(4)56(14-12-34(39)53-60)43(61)38-21-31-20-29(30-13-17-64-47(5,6)23-30)8-9-35(31)59(38)48(22-27(48)3)44-52-45(62)65-54-44;/h2*8-11,15-16,18-21,24,27-28,30H,12-14,17,22-23H2,1-7H3,(H,52,54,62);/q;;+2/p-2/t2*27-,28-,30-,48-;/m00./s1. The summed E-state index contributed by atoms with van der Waals surface area (Å²) in [5.41, 5.74) is 7.57. The number of amides is 2. The van der Waals surface area contributed by atoms with Gasteiger partial charge < -0.3 is 47.7 Å². The molecule has 30 nitrogen and oxygen atoms in total. The number of imidazole rings is 2. The minimum absolute atomic E-state index is 0. The predicted octanol–water partition coefficient (Wildman–Crippen LogP) is 14.1. The van der Waals surface area contributed by atoms with Crippen molar-refractivity contribution in [3.05, 3.63) is 257 Å². The Morgan fingerprint density at radius 3 is 1.20 bits per heavy atom. The molecule has 8 atom stereocenters. The van der Waals surface area contributed by atoms with Crippen molar-refractivity contribution in [3.8, 4) is 46.5 Å². The molecule has 2 amide bonds. The molecule has 668 valence electrons. The molecular weight excluding hydrogens is 1710 g/mol. The van der Waals surface area contributed by atoms with E-state index < -0.39 is 58.3 Å². The van der Waals surface area contributed by atoms with Gasteiger partial charge in [-0.25, -0.2) is 46.5 Å². The molecule has 2 saturated heterocycles. The summed E-state index contributed by atoms with van der Waals surface area (Å²) in [7, 11) is 3.43. The van der Waals surface area contributed by atoms with E-state index in [4.69, 9.17) is 28.7 Å². The number of nitrogens with zero attached hydrogens (tertiary/aromatic N) is 20. The predicted molar refractivity (Wildman–Crippen MR) is 473 cm³/mol. The molecule has 0 radical (unpaired) electrons. The smallest absolute Gasteiger partial charge is 0.528 e. The summed E-state index contributed by atoms with van der Waals surface area (Å²) < 4.78 is 100. The molecular formula is C96H94CaF4N20O10. The molecule has 14 heterocycles. The van der Waals surface area contributed by atoms with Crippen molar-refractivity contribution in [3.63, 3.8) is 0 Å². The molecule has 10 aromatic heterocycles. The largest absolute Gasteiger partial charge is 2.00 e. The van der Waals surface area contributed by atoms with Gasteiger partial charge in [0.05, 0.1) is 91.6 Å². The Hall–Kier alpha value is -12.5. The fraction of sp³-hybridized carbons (Fsp3) is 0.375. The van der Waals surface area contributed by atoms with E-state index in [1.54, 1.807) is 131 Å². The molecule has 4 fully saturated rings. The summed E-state index contributed by atoms with van der Waals surface area (Å²) in [6.45, 7) is 24.9. The van der Waals surface area contributed by atoms with Gasteiger partial charge in [0.1, 0.15) is 45.7 Å². The molecule has 0 bridgehead atoms. The Labute approximate surface area is 777 Å². The Morgan fingerprint density at radius 2 is 0.847 bits per heavy atom. The fourth-order valence-electron chi connectivity index (χ4n) is 21.5. The van der Waals surface area contributed by atoms with Crippen LogP contribution in [0.4, 0.5) is 17.6 Å². The normalized spacial score (nSPS) is 21.5. The maximum absolute atomic E-state index is 16.1. The van der Waals surface area contributed by atoms with Crippen LogP contribution in [0.3, 0.4) is 0 Å². The number of carbonyl (C=O) groups is 2. The minimum atomic E-state index is -0.913. The minimum Gasteiger partial charge on any atom is -0.528 e. The van der Waals surface area contributed by atoms with Crippen LogP contribution >= 0.6 is 0 Å². The maximum Gasteiger partial charge on any atom is 2.00 e. The van der Waals surface area contributed by atoms with Crippen LogP contribution in [0.25, 0.3) is 78.0 Å². The first kappa shape index (κ1) is 86.5. The van der Waals surface area contributed by atoms with Crippen LogP contribution in [0, 0.1) is 62.8 Å². The summed E-state index contributed by atoms with van der Waals surface area (Å²) in [6.07, 6.45) is 12.6. The number of fused-ring (bicyclic) bond motifs is 6. The van der Waals surface area contributed by atoms with Gasteiger partial charge in [0.15, 0.2) is 35.4 Å². The summed E-state index contributed by atoms with van der Waals surface area (Å²) in [5.74, 6) is -0.870. The third-order valence-electron chi connectivity index (χ3n) is 28.3. The van der Waals surface area contributed by atoms with Crippen LogP contribution in [0.1, 0.15) is 206 Å². The fourth-order valence-corrected chi connectivity index (χ4v) is 21.5. The van der Waals surface area contributed by atoms with Gasteiger partial charge in [0, 0.05) is 111 Å². The number of hydrogen-bond acceptors (Lipinski definition) is 18. The quantitative estimate of drug-likeness (QED) is 0.0721. The molecule has 22 rings (SSSR count). The van der Waals surface area contributed by atoms with Crippen molar-refractivity contribution >= 4 is 93.2 Å². The third kappa shape index (κ3) is 13.8.